The maximum Gasteiger partial charge on any atom is 0.252 e. The number of ether oxygens (including phenoxy) is 1. The van der Waals surface area contributed by atoms with Crippen molar-refractivity contribution in [1.82, 2.24) is 4.98 Å². The molecule has 0 spiro atoms. The van der Waals surface area contributed by atoms with Crippen molar-refractivity contribution >= 4 is 34.1 Å². The molecule has 0 saturated carbocycles. The first-order valence-corrected chi connectivity index (χ1v) is 9.32. The van der Waals surface area contributed by atoms with Crippen LogP contribution in [0.1, 0.15) is 38.5 Å². The number of aliphatic hydroxyl groups excluding tert-OH is 1. The Balaban J connectivity index is 2.25. The summed E-state index contributed by atoms with van der Waals surface area (Å²) in [7, 11) is 0. The summed E-state index contributed by atoms with van der Waals surface area (Å²) in [5.41, 5.74) is 10.4. The lowest BCUT2D eigenvalue weighted by Gasteiger charge is -2.27. The minimum atomic E-state index is -1.51. The van der Waals surface area contributed by atoms with E-state index in [1.54, 1.807) is 25.3 Å². The number of furan rings is 1. The van der Waals surface area contributed by atoms with Crippen molar-refractivity contribution in [2.45, 2.75) is 32.8 Å². The van der Waals surface area contributed by atoms with Gasteiger partial charge in [-0.05, 0) is 32.9 Å². The monoisotopic (exact) mass is 403 g/mol. The van der Waals surface area contributed by atoms with Gasteiger partial charge in [-0.15, -0.1) is 11.3 Å². The van der Waals surface area contributed by atoms with Gasteiger partial charge in [0.15, 0.2) is 0 Å². The third-order valence-electron chi connectivity index (χ3n) is 4.69. The lowest BCUT2D eigenvalue weighted by molar-refractivity contribution is -0.124. The minimum Gasteiger partial charge on any atom is -0.488 e. The molecule has 3 rings (SSSR count). The number of benzene rings is 1. The van der Waals surface area contributed by atoms with E-state index < -0.39 is 23.8 Å². The van der Waals surface area contributed by atoms with Crippen molar-refractivity contribution in [2.24, 2.45) is 11.5 Å². The van der Waals surface area contributed by atoms with E-state index in [1.165, 1.54) is 18.3 Å². The highest BCUT2D eigenvalue weighted by Crippen LogP contribution is 2.41. The molecule has 5 N–H and O–H groups in total. The molecule has 8 nitrogen and oxygen atoms in total. The first-order chi connectivity index (χ1) is 13.2. The summed E-state index contributed by atoms with van der Waals surface area (Å²) < 4.78 is 11.6. The molecule has 0 fully saturated rings. The maximum absolute atomic E-state index is 12.3. The van der Waals surface area contributed by atoms with E-state index in [2.05, 4.69) is 4.98 Å². The number of hydrogen-bond acceptors (Lipinski definition) is 7. The predicted molar refractivity (Wildman–Crippen MR) is 104 cm³/mol. The van der Waals surface area contributed by atoms with E-state index >= 15 is 0 Å². The van der Waals surface area contributed by atoms with Gasteiger partial charge in [-0.3, -0.25) is 9.59 Å². The van der Waals surface area contributed by atoms with Crippen LogP contribution in [0.25, 0.3) is 11.0 Å². The van der Waals surface area contributed by atoms with Crippen LogP contribution < -0.4 is 16.2 Å². The fraction of sp³-hybridized carbons (Fsp3) is 0.316. The fourth-order valence-electron chi connectivity index (χ4n) is 3.16. The molecule has 0 saturated heterocycles. The zero-order valence-corrected chi connectivity index (χ0v) is 16.6. The maximum atomic E-state index is 12.3. The number of aliphatic hydroxyl groups is 1. The van der Waals surface area contributed by atoms with Crippen LogP contribution in [0.2, 0.25) is 0 Å². The summed E-state index contributed by atoms with van der Waals surface area (Å²) in [4.78, 5) is 29.4. The predicted octanol–water partition coefficient (Wildman–Crippen LogP) is 1.92. The molecule has 3 aromatic rings. The van der Waals surface area contributed by atoms with Crippen molar-refractivity contribution in [3.63, 3.8) is 0 Å². The molecule has 148 valence electrons. The molecule has 28 heavy (non-hydrogen) atoms. The highest BCUT2D eigenvalue weighted by Gasteiger charge is 2.39. The van der Waals surface area contributed by atoms with Crippen LogP contribution >= 0.6 is 11.3 Å². The number of aromatic nitrogens is 1. The molecule has 1 aromatic carbocycles. The van der Waals surface area contributed by atoms with Crippen LogP contribution in [-0.4, -0.2) is 28.5 Å². The van der Waals surface area contributed by atoms with Crippen LogP contribution in [0, 0.1) is 13.8 Å². The van der Waals surface area contributed by atoms with Gasteiger partial charge in [0, 0.05) is 17.1 Å². The van der Waals surface area contributed by atoms with Gasteiger partial charge >= 0.3 is 0 Å². The fourth-order valence-corrected chi connectivity index (χ4v) is 3.86. The van der Waals surface area contributed by atoms with Crippen molar-refractivity contribution in [3.8, 4) is 5.75 Å². The highest BCUT2D eigenvalue weighted by molar-refractivity contribution is 7.11. The average molecular weight is 403 g/mol. The molecule has 0 aliphatic rings. The standard InChI is InChI=1S/C19H21N3O5S/c1-9-14(17(20)24)15-12(27-9)4-5-13(16(15)19(3,8-23)18(21)25)26-7-11-6-22-10(2)28-11/h4-6,23H,7-8H2,1-3H3,(H2,20,24)(H2,21,25). The molecule has 2 heterocycles. The topological polar surface area (TPSA) is 142 Å². The van der Waals surface area contributed by atoms with E-state index in [4.69, 9.17) is 20.6 Å². The second-order valence-electron chi connectivity index (χ2n) is 6.70. The Labute approximate surface area is 165 Å². The number of nitrogens with zero attached hydrogens (tertiary/aromatic N) is 1. The molecule has 0 aliphatic heterocycles. The third kappa shape index (κ3) is 3.23. The quantitative estimate of drug-likeness (QED) is 0.550. The van der Waals surface area contributed by atoms with Gasteiger partial charge in [-0.1, -0.05) is 0 Å². The summed E-state index contributed by atoms with van der Waals surface area (Å²) in [6, 6.07) is 3.25. The molecule has 0 aliphatic carbocycles. The molecule has 2 amide bonds. The van der Waals surface area contributed by atoms with Gasteiger partial charge < -0.3 is 25.7 Å². The van der Waals surface area contributed by atoms with Gasteiger partial charge in [-0.2, -0.15) is 0 Å². The Hall–Kier alpha value is -2.91. The van der Waals surface area contributed by atoms with E-state index in [9.17, 15) is 14.7 Å². The first kappa shape index (κ1) is 19.8. The average Bonchev–Trinajstić information content (AvgIpc) is 3.20. The summed E-state index contributed by atoms with van der Waals surface area (Å²) >= 11 is 1.48. The molecular formula is C19H21N3O5S. The highest BCUT2D eigenvalue weighted by atomic mass is 32.1. The molecule has 0 bridgehead atoms. The van der Waals surface area contributed by atoms with Crippen molar-refractivity contribution in [1.29, 1.82) is 0 Å². The summed E-state index contributed by atoms with van der Waals surface area (Å²) in [6.45, 7) is 4.59. The normalized spacial score (nSPS) is 13.4. The van der Waals surface area contributed by atoms with E-state index in [-0.39, 0.29) is 17.7 Å². The van der Waals surface area contributed by atoms with E-state index in [1.807, 2.05) is 6.92 Å². The number of rotatable bonds is 7. The second kappa shape index (κ2) is 7.25. The number of aryl methyl sites for hydroxylation is 2. The van der Waals surface area contributed by atoms with Crippen LogP contribution in [0.4, 0.5) is 0 Å². The van der Waals surface area contributed by atoms with Gasteiger partial charge in [0.05, 0.1) is 27.5 Å². The van der Waals surface area contributed by atoms with Crippen LogP contribution in [-0.2, 0) is 16.8 Å². The van der Waals surface area contributed by atoms with Gasteiger partial charge in [0.1, 0.15) is 23.7 Å². The minimum absolute atomic E-state index is 0.130. The van der Waals surface area contributed by atoms with Crippen molar-refractivity contribution in [2.75, 3.05) is 6.61 Å². The van der Waals surface area contributed by atoms with Crippen LogP contribution in [0.3, 0.4) is 0 Å². The summed E-state index contributed by atoms with van der Waals surface area (Å²) in [5, 5.41) is 11.2. The number of primary amides is 2. The number of amides is 2. The van der Waals surface area contributed by atoms with Crippen LogP contribution in [0.15, 0.2) is 22.7 Å². The lowest BCUT2D eigenvalue weighted by Crippen LogP contribution is -2.42. The Morgan fingerprint density at radius 2 is 2.04 bits per heavy atom. The summed E-state index contributed by atoms with van der Waals surface area (Å²) in [5.74, 6) is -0.867. The molecule has 2 aromatic heterocycles. The third-order valence-corrected chi connectivity index (χ3v) is 5.58. The van der Waals surface area contributed by atoms with E-state index in [0.717, 1.165) is 9.88 Å². The molecule has 1 atom stereocenters. The second-order valence-corrected chi connectivity index (χ2v) is 8.02. The number of carbonyl (C=O) groups excluding carboxylic acids is 2. The smallest absolute Gasteiger partial charge is 0.252 e. The molecule has 0 radical (unpaired) electrons. The van der Waals surface area contributed by atoms with Crippen molar-refractivity contribution in [3.05, 3.63) is 45.1 Å². The van der Waals surface area contributed by atoms with Gasteiger partial charge in [-0.25, -0.2) is 4.98 Å². The Bertz CT molecular complexity index is 1070. The number of thiazole rings is 1. The lowest BCUT2D eigenvalue weighted by atomic mass is 9.79. The summed E-state index contributed by atoms with van der Waals surface area (Å²) in [6.07, 6.45) is 1.70. The SMILES string of the molecule is Cc1ncc(COc2ccc3oc(C)c(C(N)=O)c3c2C(C)(CO)C(N)=O)s1. The largest absolute Gasteiger partial charge is 0.488 e. The Morgan fingerprint density at radius 1 is 1.32 bits per heavy atom. The first-order valence-electron chi connectivity index (χ1n) is 8.50. The number of fused-ring (bicyclic) bond motifs is 1. The molecule has 9 heteroatoms. The zero-order chi connectivity index (χ0) is 20.6. The molecule has 1 unspecified atom stereocenters. The molecular weight excluding hydrogens is 382 g/mol. The van der Waals surface area contributed by atoms with E-state index in [0.29, 0.717) is 22.5 Å². The van der Waals surface area contributed by atoms with Gasteiger partial charge in [0.2, 0.25) is 5.91 Å². The zero-order valence-electron chi connectivity index (χ0n) is 15.7. The number of hydrogen-bond donors (Lipinski definition) is 3. The van der Waals surface area contributed by atoms with Crippen LogP contribution in [0.5, 0.6) is 5.75 Å². The number of carbonyl (C=O) groups is 2. The number of nitrogens with two attached hydrogens (primary N) is 2. The van der Waals surface area contributed by atoms with Gasteiger partial charge in [0.25, 0.3) is 5.91 Å². The Kier molecular flexibility index (Phi) is 5.14. The Morgan fingerprint density at radius 3 is 2.57 bits per heavy atom. The van der Waals surface area contributed by atoms with Crippen molar-refractivity contribution < 1.29 is 23.8 Å².